The molecular formula is C17H23NO. The van der Waals surface area contributed by atoms with E-state index in [1.165, 1.54) is 11.1 Å². The fraction of sp³-hybridized carbons (Fsp3) is 0.412. The smallest absolute Gasteiger partial charge is 0.123 e. The average molecular weight is 257 g/mol. The lowest BCUT2D eigenvalue weighted by molar-refractivity contribution is 0.393. The van der Waals surface area contributed by atoms with Gasteiger partial charge in [-0.15, -0.1) is 0 Å². The molecule has 1 aromatic carbocycles. The summed E-state index contributed by atoms with van der Waals surface area (Å²) < 4.78 is 5.65. The van der Waals surface area contributed by atoms with E-state index in [9.17, 15) is 0 Å². The van der Waals surface area contributed by atoms with Crippen LogP contribution in [0.2, 0.25) is 0 Å². The van der Waals surface area contributed by atoms with Gasteiger partial charge in [-0.1, -0.05) is 37.3 Å². The Labute approximate surface area is 115 Å². The summed E-state index contributed by atoms with van der Waals surface area (Å²) in [6.45, 7) is 5.33. The Morgan fingerprint density at radius 2 is 1.95 bits per heavy atom. The van der Waals surface area contributed by atoms with Crippen LogP contribution in [0.15, 0.2) is 47.1 Å². The molecule has 0 fully saturated rings. The monoisotopic (exact) mass is 257 g/mol. The fourth-order valence-corrected chi connectivity index (χ4v) is 2.34. The summed E-state index contributed by atoms with van der Waals surface area (Å²) in [5.74, 6) is 1.09. The van der Waals surface area contributed by atoms with Crippen LogP contribution in [0.4, 0.5) is 0 Å². The molecule has 2 rings (SSSR count). The van der Waals surface area contributed by atoms with Crippen molar-refractivity contribution in [2.45, 2.75) is 39.2 Å². The van der Waals surface area contributed by atoms with Gasteiger partial charge in [0, 0.05) is 0 Å². The Morgan fingerprint density at radius 1 is 1.16 bits per heavy atom. The molecule has 2 aromatic rings. The molecule has 0 saturated heterocycles. The third kappa shape index (κ3) is 3.97. The van der Waals surface area contributed by atoms with Gasteiger partial charge < -0.3 is 9.73 Å². The minimum Gasteiger partial charge on any atom is -0.467 e. The Bertz CT molecular complexity index is 475. The highest BCUT2D eigenvalue weighted by molar-refractivity contribution is 5.20. The SMILES string of the molecule is CCCNC(CCc1ccccc1)c1occc1C. The van der Waals surface area contributed by atoms with Gasteiger partial charge in [-0.3, -0.25) is 0 Å². The number of hydrogen-bond acceptors (Lipinski definition) is 2. The summed E-state index contributed by atoms with van der Waals surface area (Å²) in [7, 11) is 0. The summed E-state index contributed by atoms with van der Waals surface area (Å²) in [4.78, 5) is 0. The van der Waals surface area contributed by atoms with E-state index in [0.29, 0.717) is 6.04 Å². The molecular weight excluding hydrogens is 234 g/mol. The molecule has 0 amide bonds. The van der Waals surface area contributed by atoms with Gasteiger partial charge in [0.05, 0.1) is 12.3 Å². The van der Waals surface area contributed by atoms with Crippen molar-refractivity contribution in [3.8, 4) is 0 Å². The van der Waals surface area contributed by atoms with E-state index in [1.54, 1.807) is 6.26 Å². The van der Waals surface area contributed by atoms with Crippen molar-refractivity contribution in [1.82, 2.24) is 5.32 Å². The number of furan rings is 1. The number of aryl methyl sites for hydroxylation is 2. The standard InChI is InChI=1S/C17H23NO/c1-3-12-18-16(17-14(2)11-13-19-17)10-9-15-7-5-4-6-8-15/h4-8,11,13,16,18H,3,9-10,12H2,1-2H3. The maximum absolute atomic E-state index is 5.65. The van der Waals surface area contributed by atoms with Crippen molar-refractivity contribution in [3.63, 3.8) is 0 Å². The van der Waals surface area contributed by atoms with Crippen LogP contribution in [0.1, 0.15) is 42.7 Å². The molecule has 0 saturated carbocycles. The highest BCUT2D eigenvalue weighted by Gasteiger charge is 2.16. The predicted molar refractivity (Wildman–Crippen MR) is 79.2 cm³/mol. The number of nitrogens with one attached hydrogen (secondary N) is 1. The van der Waals surface area contributed by atoms with Crippen LogP contribution in [0.25, 0.3) is 0 Å². The third-order valence-corrected chi connectivity index (χ3v) is 3.42. The first kappa shape index (κ1) is 13.9. The van der Waals surface area contributed by atoms with E-state index in [2.05, 4.69) is 49.5 Å². The Hall–Kier alpha value is -1.54. The topological polar surface area (TPSA) is 25.2 Å². The predicted octanol–water partition coefficient (Wildman–Crippen LogP) is 4.26. The van der Waals surface area contributed by atoms with Crippen LogP contribution in [-0.4, -0.2) is 6.54 Å². The highest BCUT2D eigenvalue weighted by atomic mass is 16.3. The van der Waals surface area contributed by atoms with Gasteiger partial charge in [-0.25, -0.2) is 0 Å². The van der Waals surface area contributed by atoms with Crippen molar-refractivity contribution >= 4 is 0 Å². The molecule has 1 N–H and O–H groups in total. The van der Waals surface area contributed by atoms with Gasteiger partial charge >= 0.3 is 0 Å². The van der Waals surface area contributed by atoms with Crippen molar-refractivity contribution in [2.75, 3.05) is 6.54 Å². The highest BCUT2D eigenvalue weighted by Crippen LogP contribution is 2.23. The lowest BCUT2D eigenvalue weighted by Gasteiger charge is -2.17. The van der Waals surface area contributed by atoms with E-state index in [-0.39, 0.29) is 0 Å². The Morgan fingerprint density at radius 3 is 2.58 bits per heavy atom. The van der Waals surface area contributed by atoms with Gasteiger partial charge in [0.1, 0.15) is 5.76 Å². The first-order chi connectivity index (χ1) is 9.31. The van der Waals surface area contributed by atoms with Crippen molar-refractivity contribution in [3.05, 3.63) is 59.5 Å². The van der Waals surface area contributed by atoms with E-state index in [1.807, 2.05) is 6.07 Å². The molecule has 1 heterocycles. The maximum Gasteiger partial charge on any atom is 0.123 e. The largest absolute Gasteiger partial charge is 0.467 e. The van der Waals surface area contributed by atoms with E-state index >= 15 is 0 Å². The second-order valence-electron chi connectivity index (χ2n) is 5.00. The van der Waals surface area contributed by atoms with Gasteiger partial charge in [0.2, 0.25) is 0 Å². The normalized spacial score (nSPS) is 12.5. The summed E-state index contributed by atoms with van der Waals surface area (Å²) >= 11 is 0. The van der Waals surface area contributed by atoms with Gasteiger partial charge in [0.25, 0.3) is 0 Å². The molecule has 0 aliphatic rings. The lowest BCUT2D eigenvalue weighted by atomic mass is 10.0. The molecule has 1 atom stereocenters. The molecule has 19 heavy (non-hydrogen) atoms. The van der Waals surface area contributed by atoms with Gasteiger partial charge in [0.15, 0.2) is 0 Å². The summed E-state index contributed by atoms with van der Waals surface area (Å²) in [6.07, 6.45) is 5.07. The van der Waals surface area contributed by atoms with E-state index in [4.69, 9.17) is 4.42 Å². The summed E-state index contributed by atoms with van der Waals surface area (Å²) in [5.41, 5.74) is 2.62. The molecule has 0 spiro atoms. The second kappa shape index (κ2) is 7.15. The Kier molecular flexibility index (Phi) is 5.22. The van der Waals surface area contributed by atoms with Crippen LogP contribution in [0.3, 0.4) is 0 Å². The molecule has 1 unspecified atom stereocenters. The van der Waals surface area contributed by atoms with Crippen LogP contribution in [0, 0.1) is 6.92 Å². The van der Waals surface area contributed by atoms with Crippen molar-refractivity contribution in [2.24, 2.45) is 0 Å². The second-order valence-corrected chi connectivity index (χ2v) is 5.00. The molecule has 102 valence electrons. The number of hydrogen-bond donors (Lipinski definition) is 1. The molecule has 0 aliphatic carbocycles. The Balaban J connectivity index is 2.00. The number of rotatable bonds is 7. The summed E-state index contributed by atoms with van der Waals surface area (Å²) in [6, 6.07) is 13.0. The van der Waals surface area contributed by atoms with Gasteiger partial charge in [-0.05, 0) is 49.9 Å². The minimum absolute atomic E-state index is 0.315. The average Bonchev–Trinajstić information content (AvgIpc) is 2.86. The quantitative estimate of drug-likeness (QED) is 0.801. The molecule has 2 heteroatoms. The molecule has 1 aromatic heterocycles. The van der Waals surface area contributed by atoms with Crippen molar-refractivity contribution < 1.29 is 4.42 Å². The number of benzene rings is 1. The fourth-order valence-electron chi connectivity index (χ4n) is 2.34. The zero-order chi connectivity index (χ0) is 13.5. The molecule has 0 radical (unpaired) electrons. The van der Waals surface area contributed by atoms with Crippen molar-refractivity contribution in [1.29, 1.82) is 0 Å². The lowest BCUT2D eigenvalue weighted by Crippen LogP contribution is -2.23. The van der Waals surface area contributed by atoms with Crippen LogP contribution < -0.4 is 5.32 Å². The first-order valence-corrected chi connectivity index (χ1v) is 7.12. The van der Waals surface area contributed by atoms with Crippen LogP contribution in [0.5, 0.6) is 0 Å². The van der Waals surface area contributed by atoms with E-state index in [0.717, 1.165) is 31.6 Å². The van der Waals surface area contributed by atoms with Crippen LogP contribution >= 0.6 is 0 Å². The first-order valence-electron chi connectivity index (χ1n) is 7.12. The maximum atomic E-state index is 5.65. The molecule has 2 nitrogen and oxygen atoms in total. The zero-order valence-electron chi connectivity index (χ0n) is 11.9. The minimum atomic E-state index is 0.315. The molecule has 0 bridgehead atoms. The third-order valence-electron chi connectivity index (χ3n) is 3.42. The summed E-state index contributed by atoms with van der Waals surface area (Å²) in [5, 5.41) is 3.59. The van der Waals surface area contributed by atoms with Gasteiger partial charge in [-0.2, -0.15) is 0 Å². The van der Waals surface area contributed by atoms with Crippen LogP contribution in [-0.2, 0) is 6.42 Å². The zero-order valence-corrected chi connectivity index (χ0v) is 11.9. The molecule has 0 aliphatic heterocycles. The van der Waals surface area contributed by atoms with E-state index < -0.39 is 0 Å².